The van der Waals surface area contributed by atoms with Crippen LogP contribution in [0.25, 0.3) is 0 Å². The summed E-state index contributed by atoms with van der Waals surface area (Å²) in [7, 11) is 0. The number of nitrogens with zero attached hydrogens (tertiary/aromatic N) is 2. The lowest BCUT2D eigenvalue weighted by Gasteiger charge is -2.39. The Balaban J connectivity index is 1.62. The number of nitriles is 1. The summed E-state index contributed by atoms with van der Waals surface area (Å²) in [5.41, 5.74) is 3.14. The van der Waals surface area contributed by atoms with E-state index in [0.717, 1.165) is 28.0 Å². The quantitative estimate of drug-likeness (QED) is 0.526. The molecule has 3 heterocycles. The summed E-state index contributed by atoms with van der Waals surface area (Å²) in [6.45, 7) is 2.54. The van der Waals surface area contributed by atoms with Gasteiger partial charge in [-0.25, -0.2) is 4.39 Å². The van der Waals surface area contributed by atoms with Gasteiger partial charge in [0.05, 0.1) is 13.2 Å². The minimum Gasteiger partial charge on any atom is -0.508 e. The van der Waals surface area contributed by atoms with Crippen molar-refractivity contribution in [3.63, 3.8) is 0 Å². The fourth-order valence-electron chi connectivity index (χ4n) is 4.26. The average molecular weight is 449 g/mol. The fraction of sp³-hybridized carbons (Fsp3) is 0.500. The van der Waals surface area contributed by atoms with Gasteiger partial charge in [-0.15, -0.1) is 11.3 Å². The second-order valence-corrected chi connectivity index (χ2v) is 9.37. The number of phenolic OH excluding ortho intramolecular Hbond substituents is 1. The van der Waals surface area contributed by atoms with E-state index in [-0.39, 0.29) is 11.3 Å². The summed E-state index contributed by atoms with van der Waals surface area (Å²) < 4.78 is 19.6. The van der Waals surface area contributed by atoms with Crippen LogP contribution in [0.5, 0.6) is 5.75 Å². The van der Waals surface area contributed by atoms with E-state index < -0.39 is 37.2 Å². The number of thiophene rings is 1. The molecule has 1 fully saturated rings. The van der Waals surface area contributed by atoms with Crippen molar-refractivity contribution < 1.29 is 29.6 Å². The average Bonchev–Trinajstić information content (AvgIpc) is 3.16. The topological polar surface area (TPSA) is 117 Å². The number of phenols is 1. The molecular formula is C22H25FN2O5S. The highest BCUT2D eigenvalue weighted by Gasteiger charge is 2.46. The van der Waals surface area contributed by atoms with Crippen molar-refractivity contribution in [2.24, 2.45) is 0 Å². The number of alkyl halides is 1. The Morgan fingerprint density at radius 3 is 2.77 bits per heavy atom. The van der Waals surface area contributed by atoms with Crippen molar-refractivity contribution >= 4 is 11.3 Å². The standard InChI is InChI=1S/C22H25FN2O5S/c1-11-4-16(27)15(22-21(29)20(28)19(23)17(9-26)30-22)7-12(11)5-14-6-13-8-25(10-24)3-2-18(13)31-14/h4,6-7,17,19-22,26-29H,2-3,5,8-9H2,1H3/t17-,19-,20+,21-,22+/m1/s1. The van der Waals surface area contributed by atoms with Crippen molar-refractivity contribution in [3.8, 4) is 11.9 Å². The fourth-order valence-corrected chi connectivity index (χ4v) is 5.46. The van der Waals surface area contributed by atoms with Crippen molar-refractivity contribution in [1.29, 1.82) is 5.26 Å². The number of hydrogen-bond donors (Lipinski definition) is 4. The normalized spacial score (nSPS) is 28.3. The van der Waals surface area contributed by atoms with Gasteiger partial charge in [0.1, 0.15) is 30.2 Å². The number of benzene rings is 1. The summed E-state index contributed by atoms with van der Waals surface area (Å²) >= 11 is 1.70. The van der Waals surface area contributed by atoms with Crippen LogP contribution in [0.4, 0.5) is 4.39 Å². The molecule has 0 aliphatic carbocycles. The third-order valence-corrected chi connectivity index (χ3v) is 7.30. The van der Waals surface area contributed by atoms with Crippen LogP contribution < -0.4 is 0 Å². The second-order valence-electron chi connectivity index (χ2n) is 8.15. The number of hydrogen-bond acceptors (Lipinski definition) is 8. The summed E-state index contributed by atoms with van der Waals surface area (Å²) in [6, 6.07) is 5.37. The molecule has 0 bridgehead atoms. The molecule has 1 saturated heterocycles. The van der Waals surface area contributed by atoms with Gasteiger partial charge in [-0.1, -0.05) is 0 Å². The molecule has 0 saturated carbocycles. The Morgan fingerprint density at radius 1 is 1.29 bits per heavy atom. The number of halogens is 1. The van der Waals surface area contributed by atoms with Crippen LogP contribution in [0.2, 0.25) is 0 Å². The molecule has 0 spiro atoms. The maximum absolute atomic E-state index is 14.1. The van der Waals surface area contributed by atoms with Crippen LogP contribution in [0.3, 0.4) is 0 Å². The molecule has 2 aliphatic rings. The van der Waals surface area contributed by atoms with E-state index in [0.29, 0.717) is 19.5 Å². The van der Waals surface area contributed by atoms with Crippen LogP contribution in [0, 0.1) is 18.4 Å². The van der Waals surface area contributed by atoms with Gasteiger partial charge >= 0.3 is 0 Å². The highest BCUT2D eigenvalue weighted by molar-refractivity contribution is 7.12. The Labute approximate surface area is 183 Å². The molecule has 2 aliphatic heterocycles. The first-order valence-electron chi connectivity index (χ1n) is 10.2. The molecule has 0 radical (unpaired) electrons. The van der Waals surface area contributed by atoms with Crippen LogP contribution in [-0.2, 0) is 24.1 Å². The predicted molar refractivity (Wildman–Crippen MR) is 111 cm³/mol. The molecule has 7 nitrogen and oxygen atoms in total. The van der Waals surface area contributed by atoms with E-state index in [2.05, 4.69) is 12.3 Å². The SMILES string of the molecule is Cc1cc(O)c([C@@H]2O[C@H](CO)[C@@H](F)[C@H](O)[C@H]2O)cc1Cc1cc2c(s1)CCN(C#N)C2. The number of ether oxygens (including phenoxy) is 1. The van der Waals surface area contributed by atoms with E-state index >= 15 is 0 Å². The van der Waals surface area contributed by atoms with Crippen molar-refractivity contribution in [1.82, 2.24) is 4.90 Å². The zero-order valence-corrected chi connectivity index (χ0v) is 17.8. The van der Waals surface area contributed by atoms with E-state index in [9.17, 15) is 24.8 Å². The minimum absolute atomic E-state index is 0.123. The lowest BCUT2D eigenvalue weighted by Crippen LogP contribution is -2.53. The van der Waals surface area contributed by atoms with Gasteiger partial charge in [-0.2, -0.15) is 5.26 Å². The number of fused-ring (bicyclic) bond motifs is 1. The van der Waals surface area contributed by atoms with Crippen molar-refractivity contribution in [2.75, 3.05) is 13.2 Å². The number of aryl methyl sites for hydroxylation is 1. The largest absolute Gasteiger partial charge is 0.508 e. The first kappa shape index (κ1) is 22.0. The summed E-state index contributed by atoms with van der Waals surface area (Å²) in [5, 5.41) is 49.4. The third kappa shape index (κ3) is 4.14. The first-order valence-corrected chi connectivity index (χ1v) is 11.0. The number of aliphatic hydroxyl groups is 3. The molecular weight excluding hydrogens is 423 g/mol. The van der Waals surface area contributed by atoms with Crippen molar-refractivity contribution in [2.45, 2.75) is 56.9 Å². The molecule has 31 heavy (non-hydrogen) atoms. The second kappa shape index (κ2) is 8.73. The highest BCUT2D eigenvalue weighted by atomic mass is 32.1. The molecule has 5 atom stereocenters. The maximum atomic E-state index is 14.1. The summed E-state index contributed by atoms with van der Waals surface area (Å²) in [4.78, 5) is 4.12. The zero-order chi connectivity index (χ0) is 22.3. The molecule has 4 N–H and O–H groups in total. The molecule has 2 aromatic rings. The molecule has 1 aromatic heterocycles. The summed E-state index contributed by atoms with van der Waals surface area (Å²) in [5.74, 6) is -0.123. The Bertz CT molecular complexity index is 1000. The Morgan fingerprint density at radius 2 is 2.06 bits per heavy atom. The Hall–Kier alpha value is -2.22. The molecule has 9 heteroatoms. The van der Waals surface area contributed by atoms with Gasteiger partial charge in [0, 0.05) is 34.7 Å². The van der Waals surface area contributed by atoms with Crippen LogP contribution in [-0.4, -0.2) is 63.0 Å². The third-order valence-electron chi connectivity index (χ3n) is 6.06. The van der Waals surface area contributed by atoms with E-state index in [1.54, 1.807) is 28.4 Å². The number of aromatic hydroxyl groups is 1. The maximum Gasteiger partial charge on any atom is 0.179 e. The van der Waals surface area contributed by atoms with Gasteiger partial charge in [0.25, 0.3) is 0 Å². The van der Waals surface area contributed by atoms with Gasteiger partial charge in [0.15, 0.2) is 12.4 Å². The van der Waals surface area contributed by atoms with Gasteiger partial charge in [-0.3, -0.25) is 0 Å². The molecule has 0 unspecified atom stereocenters. The lowest BCUT2D eigenvalue weighted by atomic mass is 9.89. The highest BCUT2D eigenvalue weighted by Crippen LogP contribution is 2.39. The summed E-state index contributed by atoms with van der Waals surface area (Å²) in [6.07, 6.45) is -4.08. The molecule has 4 rings (SSSR count). The lowest BCUT2D eigenvalue weighted by molar-refractivity contribution is -0.214. The number of rotatable bonds is 4. The van der Waals surface area contributed by atoms with E-state index in [4.69, 9.17) is 10.00 Å². The smallest absolute Gasteiger partial charge is 0.179 e. The molecule has 0 amide bonds. The molecule has 1 aromatic carbocycles. The minimum atomic E-state index is -1.92. The van der Waals surface area contributed by atoms with E-state index in [1.807, 2.05) is 6.92 Å². The number of aliphatic hydroxyl groups excluding tert-OH is 3. The van der Waals surface area contributed by atoms with E-state index in [1.165, 1.54) is 4.88 Å². The van der Waals surface area contributed by atoms with Crippen LogP contribution in [0.15, 0.2) is 18.2 Å². The van der Waals surface area contributed by atoms with Gasteiger partial charge < -0.3 is 30.1 Å². The molecule has 166 valence electrons. The Kier molecular flexibility index (Phi) is 6.19. The monoisotopic (exact) mass is 448 g/mol. The predicted octanol–water partition coefficient (Wildman–Crippen LogP) is 1.68. The zero-order valence-electron chi connectivity index (χ0n) is 17.0. The van der Waals surface area contributed by atoms with Gasteiger partial charge in [-0.05, 0) is 41.8 Å². The first-order chi connectivity index (χ1) is 14.8. The van der Waals surface area contributed by atoms with Crippen LogP contribution >= 0.6 is 11.3 Å². The van der Waals surface area contributed by atoms with Crippen LogP contribution in [0.1, 0.15) is 38.1 Å². The van der Waals surface area contributed by atoms with Gasteiger partial charge in [0.2, 0.25) is 0 Å². The van der Waals surface area contributed by atoms with Crippen molar-refractivity contribution in [3.05, 3.63) is 50.2 Å².